The second kappa shape index (κ2) is 7.93. The summed E-state index contributed by atoms with van der Waals surface area (Å²) in [5.41, 5.74) is 4.93. The molecule has 0 aliphatic rings. The highest BCUT2D eigenvalue weighted by Gasteiger charge is 2.12. The maximum Gasteiger partial charge on any atom is 0.0910 e. The van der Waals surface area contributed by atoms with Crippen LogP contribution in [0.3, 0.4) is 0 Å². The van der Waals surface area contributed by atoms with Crippen molar-refractivity contribution in [2.45, 2.75) is 13.8 Å². The molecule has 0 aliphatic heterocycles. The van der Waals surface area contributed by atoms with Crippen LogP contribution in [0.15, 0.2) is 52.4 Å². The summed E-state index contributed by atoms with van der Waals surface area (Å²) in [6.07, 6.45) is 1.80. The van der Waals surface area contributed by atoms with Crippen LogP contribution in [-0.2, 0) is 0 Å². The predicted molar refractivity (Wildman–Crippen MR) is 101 cm³/mol. The third-order valence-corrected chi connectivity index (χ3v) is 4.02. The summed E-state index contributed by atoms with van der Waals surface area (Å²) in [6.45, 7) is 5.03. The molecule has 0 aliphatic carbocycles. The molecule has 0 N–H and O–H groups in total. The van der Waals surface area contributed by atoms with Gasteiger partial charge in [-0.2, -0.15) is 0 Å². The van der Waals surface area contributed by atoms with Crippen molar-refractivity contribution >= 4 is 29.3 Å². The molecule has 0 spiro atoms. The van der Waals surface area contributed by atoms with Gasteiger partial charge in [0.1, 0.15) is 0 Å². The lowest BCUT2D eigenvalue weighted by molar-refractivity contribution is 0.552. The molecule has 0 saturated carbocycles. The molecule has 120 valence electrons. The van der Waals surface area contributed by atoms with Crippen LogP contribution in [0.5, 0.6) is 0 Å². The smallest absolute Gasteiger partial charge is 0.0910 e. The molecule has 2 aromatic carbocycles. The van der Waals surface area contributed by atoms with Gasteiger partial charge in [0, 0.05) is 31.8 Å². The van der Waals surface area contributed by atoms with E-state index in [0.29, 0.717) is 5.02 Å². The monoisotopic (exact) mass is 327 g/mol. The standard InChI is InChI=1S/C19H22ClN3/c1-5-23(4)13-22-18-11-14(2)16(12-17(18)20)19(21-3)15-9-7-6-8-10-15/h6-13H,5H2,1-4H3. The second-order valence-electron chi connectivity index (χ2n) is 5.37. The second-order valence-corrected chi connectivity index (χ2v) is 5.78. The summed E-state index contributed by atoms with van der Waals surface area (Å²) in [4.78, 5) is 10.9. The normalized spacial score (nSPS) is 12.0. The van der Waals surface area contributed by atoms with Crippen LogP contribution in [0, 0.1) is 6.92 Å². The Bertz CT molecular complexity index is 721. The molecule has 2 rings (SSSR count). The first kappa shape index (κ1) is 17.2. The Kier molecular flexibility index (Phi) is 5.94. The van der Waals surface area contributed by atoms with Gasteiger partial charge in [-0.1, -0.05) is 41.9 Å². The molecule has 2 aromatic rings. The van der Waals surface area contributed by atoms with Gasteiger partial charge < -0.3 is 4.90 Å². The van der Waals surface area contributed by atoms with E-state index in [1.807, 2.05) is 42.3 Å². The van der Waals surface area contributed by atoms with Crippen molar-refractivity contribution in [2.75, 3.05) is 20.6 Å². The van der Waals surface area contributed by atoms with Crippen LogP contribution in [0.25, 0.3) is 0 Å². The summed E-state index contributed by atoms with van der Waals surface area (Å²) in [5.74, 6) is 0. The zero-order chi connectivity index (χ0) is 16.8. The van der Waals surface area contributed by atoms with E-state index in [1.165, 1.54) is 0 Å². The minimum Gasteiger partial charge on any atom is -0.366 e. The minimum atomic E-state index is 0.628. The number of hydrogen-bond acceptors (Lipinski definition) is 2. The molecule has 0 saturated heterocycles. The third-order valence-electron chi connectivity index (χ3n) is 3.71. The topological polar surface area (TPSA) is 28.0 Å². The average Bonchev–Trinajstić information content (AvgIpc) is 2.57. The highest BCUT2D eigenvalue weighted by molar-refractivity contribution is 6.33. The van der Waals surface area contributed by atoms with Crippen molar-refractivity contribution in [3.05, 3.63) is 64.2 Å². The lowest BCUT2D eigenvalue weighted by atomic mass is 9.97. The van der Waals surface area contributed by atoms with Crippen LogP contribution < -0.4 is 0 Å². The zero-order valence-electron chi connectivity index (χ0n) is 14.0. The Morgan fingerprint density at radius 3 is 2.52 bits per heavy atom. The molecule has 23 heavy (non-hydrogen) atoms. The highest BCUT2D eigenvalue weighted by Crippen LogP contribution is 2.29. The Morgan fingerprint density at radius 1 is 1.22 bits per heavy atom. The largest absolute Gasteiger partial charge is 0.366 e. The molecule has 0 unspecified atom stereocenters. The Morgan fingerprint density at radius 2 is 1.91 bits per heavy atom. The number of halogens is 1. The van der Waals surface area contributed by atoms with E-state index < -0.39 is 0 Å². The lowest BCUT2D eigenvalue weighted by Gasteiger charge is -2.13. The fourth-order valence-electron chi connectivity index (χ4n) is 2.26. The molecule has 0 aromatic heterocycles. The fourth-order valence-corrected chi connectivity index (χ4v) is 2.48. The molecule has 0 bridgehead atoms. The van der Waals surface area contributed by atoms with Gasteiger partial charge >= 0.3 is 0 Å². The van der Waals surface area contributed by atoms with E-state index in [4.69, 9.17) is 11.6 Å². The van der Waals surface area contributed by atoms with Gasteiger partial charge in [0.2, 0.25) is 0 Å². The number of aliphatic imine (C=N–C) groups is 2. The van der Waals surface area contributed by atoms with Crippen molar-refractivity contribution in [1.29, 1.82) is 0 Å². The van der Waals surface area contributed by atoms with Gasteiger partial charge in [-0.15, -0.1) is 0 Å². The van der Waals surface area contributed by atoms with Crippen molar-refractivity contribution in [1.82, 2.24) is 4.90 Å². The summed E-state index contributed by atoms with van der Waals surface area (Å²) >= 11 is 6.43. The summed E-state index contributed by atoms with van der Waals surface area (Å²) < 4.78 is 0. The molecule has 3 nitrogen and oxygen atoms in total. The summed E-state index contributed by atoms with van der Waals surface area (Å²) in [7, 11) is 3.79. The molecule has 0 heterocycles. The van der Waals surface area contributed by atoms with Crippen molar-refractivity contribution < 1.29 is 0 Å². The fraction of sp³-hybridized carbons (Fsp3) is 0.263. The van der Waals surface area contributed by atoms with Gasteiger partial charge in [0.25, 0.3) is 0 Å². The average molecular weight is 328 g/mol. The molecule has 0 atom stereocenters. The molecule has 0 amide bonds. The SMILES string of the molecule is CCN(C)C=Nc1cc(C)c(C(=NC)c2ccccc2)cc1Cl. The first-order chi connectivity index (χ1) is 11.1. The molecule has 4 heteroatoms. The number of rotatable bonds is 5. The highest BCUT2D eigenvalue weighted by atomic mass is 35.5. The molecule has 0 fully saturated rings. The van der Waals surface area contributed by atoms with Crippen molar-refractivity contribution in [3.8, 4) is 0 Å². The molecular weight excluding hydrogens is 306 g/mol. The number of benzene rings is 2. The van der Waals surface area contributed by atoms with Crippen LogP contribution in [0.2, 0.25) is 5.02 Å². The summed E-state index contributed by atoms with van der Waals surface area (Å²) in [6, 6.07) is 14.1. The number of nitrogens with zero attached hydrogens (tertiary/aromatic N) is 3. The van der Waals surface area contributed by atoms with Gasteiger partial charge in [-0.3, -0.25) is 4.99 Å². The van der Waals surface area contributed by atoms with Crippen LogP contribution in [0.1, 0.15) is 23.6 Å². The van der Waals surface area contributed by atoms with Crippen LogP contribution >= 0.6 is 11.6 Å². The van der Waals surface area contributed by atoms with Gasteiger partial charge in [-0.25, -0.2) is 4.99 Å². The molecule has 0 radical (unpaired) electrons. The first-order valence-corrected chi connectivity index (χ1v) is 8.01. The molecular formula is C19H22ClN3. The van der Waals surface area contributed by atoms with E-state index in [-0.39, 0.29) is 0 Å². The first-order valence-electron chi connectivity index (χ1n) is 7.64. The van der Waals surface area contributed by atoms with Gasteiger partial charge in [-0.05, 0) is 31.5 Å². The van der Waals surface area contributed by atoms with Crippen molar-refractivity contribution in [2.24, 2.45) is 9.98 Å². The van der Waals surface area contributed by atoms with Crippen LogP contribution in [-0.4, -0.2) is 37.6 Å². The zero-order valence-corrected chi connectivity index (χ0v) is 14.8. The summed E-state index contributed by atoms with van der Waals surface area (Å²) in [5, 5.41) is 0.628. The Balaban J connectivity index is 2.42. The quantitative estimate of drug-likeness (QED) is 0.576. The number of hydrogen-bond donors (Lipinski definition) is 0. The lowest BCUT2D eigenvalue weighted by Crippen LogP contribution is -2.14. The van der Waals surface area contributed by atoms with E-state index in [9.17, 15) is 0 Å². The van der Waals surface area contributed by atoms with Crippen LogP contribution in [0.4, 0.5) is 5.69 Å². The number of aryl methyl sites for hydroxylation is 1. The van der Waals surface area contributed by atoms with E-state index in [2.05, 4.69) is 36.0 Å². The maximum absolute atomic E-state index is 6.43. The van der Waals surface area contributed by atoms with E-state index in [0.717, 1.165) is 34.6 Å². The van der Waals surface area contributed by atoms with Crippen molar-refractivity contribution in [3.63, 3.8) is 0 Å². The Labute approximate surface area is 143 Å². The van der Waals surface area contributed by atoms with Gasteiger partial charge in [0.05, 0.1) is 22.8 Å². The minimum absolute atomic E-state index is 0.628. The third kappa shape index (κ3) is 4.20. The van der Waals surface area contributed by atoms with E-state index >= 15 is 0 Å². The Hall–Kier alpha value is -2.13. The van der Waals surface area contributed by atoms with Gasteiger partial charge in [0.15, 0.2) is 0 Å². The van der Waals surface area contributed by atoms with E-state index in [1.54, 1.807) is 13.4 Å². The maximum atomic E-state index is 6.43. The predicted octanol–water partition coefficient (Wildman–Crippen LogP) is 4.73.